The van der Waals surface area contributed by atoms with E-state index in [2.05, 4.69) is 46.2 Å². The van der Waals surface area contributed by atoms with Crippen LogP contribution >= 0.6 is 0 Å². The van der Waals surface area contributed by atoms with E-state index in [4.69, 9.17) is 13.6 Å². The van der Waals surface area contributed by atoms with Crippen LogP contribution in [-0.2, 0) is 20.1 Å². The molecule has 2 amide bonds. The lowest BCUT2D eigenvalue weighted by Gasteiger charge is -2.41. The van der Waals surface area contributed by atoms with E-state index in [-0.39, 0.29) is 51.8 Å². The molecule has 2 aromatic carbocycles. The van der Waals surface area contributed by atoms with Crippen LogP contribution in [0.15, 0.2) is 53.5 Å². The van der Waals surface area contributed by atoms with Gasteiger partial charge in [-0.3, -0.25) is 14.8 Å². The van der Waals surface area contributed by atoms with Crippen LogP contribution in [0.4, 0.5) is 19.4 Å². The number of halogens is 2. The van der Waals surface area contributed by atoms with Gasteiger partial charge in [-0.1, -0.05) is 72.6 Å². The average Bonchev–Trinajstić information content (AvgIpc) is 3.68. The van der Waals surface area contributed by atoms with Crippen molar-refractivity contribution >= 4 is 28.5 Å². The molecule has 2 saturated heterocycles. The molecule has 64 heavy (non-hydrogen) atoms. The van der Waals surface area contributed by atoms with Gasteiger partial charge in [0.05, 0.1) is 17.9 Å². The fraction of sp³-hybridized carbons (Fsp3) is 0.568. The normalized spacial score (nSPS) is 20.0. The highest BCUT2D eigenvalue weighted by atomic mass is 28.4. The summed E-state index contributed by atoms with van der Waals surface area (Å²) in [6, 6.07) is 10.8. The maximum absolute atomic E-state index is 16.5. The molecule has 16 nitrogen and oxygen atoms in total. The van der Waals surface area contributed by atoms with Crippen LogP contribution in [-0.4, -0.2) is 123 Å². The lowest BCUT2D eigenvalue weighted by Crippen LogP contribution is -2.53. The maximum atomic E-state index is 16.5. The SMILES string of the molecule is CC(C)c1cc(-c2nnc(O)n2-c2ccc(CN3CCN(C(=O)Nc4ccn([C@@H]5O[C@H](CO[Si](C)(C)C(C)(C)C)[C@@H](O[Si](C)(C)C(C)(C)C)C5(F)F)c(=O)n4)CC3)cc2)c(O)cc1O. The summed E-state index contributed by atoms with van der Waals surface area (Å²) in [7, 11) is -5.11. The second-order valence-electron chi connectivity index (χ2n) is 20.2. The Morgan fingerprint density at radius 2 is 1.55 bits per heavy atom. The molecule has 2 aliphatic rings. The molecule has 4 N–H and O–H groups in total. The van der Waals surface area contributed by atoms with Crippen molar-refractivity contribution in [2.75, 3.05) is 38.1 Å². The van der Waals surface area contributed by atoms with Crippen LogP contribution in [0.25, 0.3) is 17.1 Å². The van der Waals surface area contributed by atoms with Crippen molar-refractivity contribution in [3.63, 3.8) is 0 Å². The number of hydrogen-bond donors (Lipinski definition) is 4. The number of rotatable bonds is 12. The Hall–Kier alpha value is -4.74. The molecule has 6 rings (SSSR count). The van der Waals surface area contributed by atoms with Gasteiger partial charge in [-0.25, -0.2) is 14.2 Å². The predicted octanol–water partition coefficient (Wildman–Crippen LogP) is 8.03. The first-order valence-corrected chi connectivity index (χ1v) is 27.5. The predicted molar refractivity (Wildman–Crippen MR) is 244 cm³/mol. The number of benzene rings is 2. The summed E-state index contributed by atoms with van der Waals surface area (Å²) in [4.78, 5) is 34.5. The quantitative estimate of drug-likeness (QED) is 0.100. The number of carbonyl (C=O) groups excluding carboxylic acids is 1. The number of piperazine rings is 1. The molecular formula is C44H64F2N8O8Si2. The van der Waals surface area contributed by atoms with Crippen LogP contribution in [0.5, 0.6) is 17.5 Å². The van der Waals surface area contributed by atoms with Crippen LogP contribution in [0.3, 0.4) is 0 Å². The maximum Gasteiger partial charge on any atom is 0.351 e. The number of anilines is 1. The van der Waals surface area contributed by atoms with E-state index in [0.29, 0.717) is 49.5 Å². The molecule has 4 aromatic rings. The lowest BCUT2D eigenvalue weighted by molar-refractivity contribution is -0.138. The van der Waals surface area contributed by atoms with Gasteiger partial charge in [-0.05, 0) is 77.6 Å². The summed E-state index contributed by atoms with van der Waals surface area (Å²) in [6.07, 6.45) is -3.65. The molecule has 2 aliphatic heterocycles. The number of phenolic OH excluding ortho intramolecular Hbond substituents is 2. The first-order chi connectivity index (χ1) is 29.6. The second kappa shape index (κ2) is 17.9. The molecule has 4 heterocycles. The molecule has 0 aliphatic carbocycles. The van der Waals surface area contributed by atoms with E-state index in [1.807, 2.05) is 72.9 Å². The second-order valence-corrected chi connectivity index (χ2v) is 29.7. The molecular weight excluding hydrogens is 863 g/mol. The van der Waals surface area contributed by atoms with Crippen molar-refractivity contribution in [1.82, 2.24) is 34.1 Å². The Morgan fingerprint density at radius 1 is 0.922 bits per heavy atom. The van der Waals surface area contributed by atoms with Crippen LogP contribution in [0.2, 0.25) is 36.3 Å². The van der Waals surface area contributed by atoms with Gasteiger partial charge in [0.15, 0.2) is 22.5 Å². The summed E-state index contributed by atoms with van der Waals surface area (Å²) < 4.78 is 53.9. The van der Waals surface area contributed by atoms with Gasteiger partial charge in [0.1, 0.15) is 29.5 Å². The standard InChI is InChI=1S/C44H64F2N8O8Si2/c1-27(2)30-23-31(33(56)24-32(30)55)37-49-50-41(59)54(37)29-15-13-28(14-16-29)25-51-19-21-52(22-20-51)39(57)47-35-17-18-53(40(58)48-35)38-44(45,46)36(62-64(11,12)43(6,7)8)34(61-38)26-60-63(9,10)42(3,4)5/h13-18,23-24,27,34,36,38,55-56H,19-22,25-26H2,1-12H3,(H,50,59)(H,47,48,57,58)/t34-,36-,38-/m1/s1. The highest BCUT2D eigenvalue weighted by Gasteiger charge is 2.63. The number of nitrogens with zero attached hydrogens (tertiary/aromatic N) is 7. The molecule has 3 atom stereocenters. The Kier molecular flexibility index (Phi) is 13.6. The number of carbonyl (C=O) groups is 1. The van der Waals surface area contributed by atoms with E-state index < -0.39 is 52.7 Å². The van der Waals surface area contributed by atoms with Gasteiger partial charge in [0.2, 0.25) is 6.23 Å². The Balaban J connectivity index is 1.08. The number of aromatic hydroxyl groups is 3. The minimum absolute atomic E-state index is 0.0333. The summed E-state index contributed by atoms with van der Waals surface area (Å²) in [6.45, 7) is 26.1. The van der Waals surface area contributed by atoms with Gasteiger partial charge in [0.25, 0.3) is 0 Å². The number of urea groups is 1. The van der Waals surface area contributed by atoms with Gasteiger partial charge in [-0.2, -0.15) is 13.8 Å². The molecule has 0 spiro atoms. The third kappa shape index (κ3) is 10.1. The number of hydrogen-bond acceptors (Lipinski definition) is 12. The Labute approximate surface area is 375 Å². The first kappa shape index (κ1) is 48.7. The van der Waals surface area contributed by atoms with Crippen molar-refractivity contribution in [2.24, 2.45) is 0 Å². The van der Waals surface area contributed by atoms with E-state index in [9.17, 15) is 24.9 Å². The van der Waals surface area contributed by atoms with Crippen molar-refractivity contribution < 1.29 is 42.5 Å². The third-order valence-corrected chi connectivity index (χ3v) is 22.2. The van der Waals surface area contributed by atoms with Crippen LogP contribution in [0, 0.1) is 0 Å². The molecule has 2 aromatic heterocycles. The zero-order valence-electron chi connectivity index (χ0n) is 38.9. The number of amides is 2. The topological polar surface area (TPSA) is 190 Å². The van der Waals surface area contributed by atoms with Gasteiger partial charge in [-0.15, -0.1) is 5.10 Å². The van der Waals surface area contributed by atoms with Crippen molar-refractivity contribution in [2.45, 2.75) is 128 Å². The fourth-order valence-corrected chi connectivity index (χ4v) is 9.45. The zero-order valence-corrected chi connectivity index (χ0v) is 40.9. The number of alkyl halides is 2. The number of aromatic nitrogens is 5. The zero-order chi connectivity index (χ0) is 47.3. The van der Waals surface area contributed by atoms with Crippen molar-refractivity contribution in [3.8, 4) is 34.6 Å². The largest absolute Gasteiger partial charge is 0.508 e. The van der Waals surface area contributed by atoms with Gasteiger partial charge in [0, 0.05) is 45.0 Å². The molecule has 2 fully saturated rings. The van der Waals surface area contributed by atoms with Gasteiger partial charge >= 0.3 is 23.7 Å². The minimum atomic E-state index is -3.61. The van der Waals surface area contributed by atoms with E-state index in [0.717, 1.165) is 10.1 Å². The van der Waals surface area contributed by atoms with Crippen molar-refractivity contribution in [1.29, 1.82) is 0 Å². The fourth-order valence-electron chi connectivity index (χ4n) is 7.14. The third-order valence-electron chi connectivity index (χ3n) is 13.2. The molecule has 350 valence electrons. The molecule has 0 radical (unpaired) electrons. The number of nitrogens with one attached hydrogen (secondary N) is 1. The van der Waals surface area contributed by atoms with Gasteiger partial charge < -0.3 is 33.8 Å². The lowest BCUT2D eigenvalue weighted by atomic mass is 9.98. The van der Waals surface area contributed by atoms with Crippen LogP contribution in [0.1, 0.15) is 78.7 Å². The number of ether oxygens (including phenoxy) is 1. The monoisotopic (exact) mass is 926 g/mol. The van der Waals surface area contributed by atoms with E-state index in [1.165, 1.54) is 22.9 Å². The summed E-state index contributed by atoms with van der Waals surface area (Å²) in [5.74, 6) is -3.77. The Bertz CT molecular complexity index is 2370. The molecule has 0 bridgehead atoms. The van der Waals surface area contributed by atoms with E-state index >= 15 is 8.78 Å². The number of phenols is 2. The Morgan fingerprint density at radius 3 is 2.12 bits per heavy atom. The highest BCUT2D eigenvalue weighted by molar-refractivity contribution is 6.74. The highest BCUT2D eigenvalue weighted by Crippen LogP contribution is 2.49. The average molecular weight is 927 g/mol. The molecule has 0 saturated carbocycles. The van der Waals surface area contributed by atoms with Crippen molar-refractivity contribution in [3.05, 3.63) is 70.3 Å². The summed E-state index contributed by atoms with van der Waals surface area (Å²) >= 11 is 0. The van der Waals surface area contributed by atoms with Crippen LogP contribution < -0.4 is 11.0 Å². The smallest absolute Gasteiger partial charge is 0.351 e. The minimum Gasteiger partial charge on any atom is -0.508 e. The summed E-state index contributed by atoms with van der Waals surface area (Å²) in [5.41, 5.74) is 1.44. The molecule has 0 unspecified atom stereocenters. The molecule has 20 heteroatoms. The first-order valence-electron chi connectivity index (χ1n) is 21.6. The summed E-state index contributed by atoms with van der Waals surface area (Å²) in [5, 5.41) is 41.7. The van der Waals surface area contributed by atoms with E-state index in [1.54, 1.807) is 23.1 Å².